The minimum Gasteiger partial charge on any atom is -0.355 e. The summed E-state index contributed by atoms with van der Waals surface area (Å²) in [5, 5.41) is -0.438. The molecule has 0 unspecified atom stereocenters. The summed E-state index contributed by atoms with van der Waals surface area (Å²) in [4.78, 5) is 31.4. The summed E-state index contributed by atoms with van der Waals surface area (Å²) in [6.07, 6.45) is 0.200. The van der Waals surface area contributed by atoms with Gasteiger partial charge in [0.15, 0.2) is 0 Å². The normalized spacial score (nSPS) is 20.1. The zero-order valence-electron chi connectivity index (χ0n) is 17.0. The van der Waals surface area contributed by atoms with Crippen molar-refractivity contribution in [2.24, 2.45) is 0 Å². The van der Waals surface area contributed by atoms with Gasteiger partial charge in [-0.25, -0.2) is 4.90 Å². The van der Waals surface area contributed by atoms with E-state index >= 15 is 0 Å². The second-order valence-electron chi connectivity index (χ2n) is 7.68. The maximum atomic E-state index is 12.9. The second-order valence-corrected chi connectivity index (χ2v) is 9.52. The number of para-hydroxylation sites is 1. The Morgan fingerprint density at radius 1 is 1.00 bits per heavy atom. The van der Waals surface area contributed by atoms with E-state index in [2.05, 4.69) is 34.1 Å². The van der Waals surface area contributed by atoms with Crippen molar-refractivity contribution < 1.29 is 9.59 Å². The molecule has 0 aromatic heterocycles. The molecule has 156 valence electrons. The predicted octanol–water partition coefficient (Wildman–Crippen LogP) is 3.46. The first-order valence-electron chi connectivity index (χ1n) is 10.2. The summed E-state index contributed by atoms with van der Waals surface area (Å²) >= 11 is 7.00. The van der Waals surface area contributed by atoms with Crippen LogP contribution in [0.2, 0.25) is 0 Å². The van der Waals surface area contributed by atoms with Crippen LogP contribution in [-0.4, -0.2) is 57.4 Å². The summed E-state index contributed by atoms with van der Waals surface area (Å²) in [5.74, 6) is -0.313. The number of amides is 2. The Morgan fingerprint density at radius 2 is 1.67 bits per heavy atom. The Balaban J connectivity index is 1.32. The van der Waals surface area contributed by atoms with Crippen molar-refractivity contribution in [3.63, 3.8) is 0 Å². The lowest BCUT2D eigenvalue weighted by Gasteiger charge is -2.36. The van der Waals surface area contributed by atoms with Crippen LogP contribution in [0.3, 0.4) is 0 Å². The maximum absolute atomic E-state index is 12.9. The Kier molecular flexibility index (Phi) is 6.51. The van der Waals surface area contributed by atoms with Gasteiger partial charge in [0.05, 0.1) is 5.69 Å². The molecular formula is C23H25N3O2S2. The van der Waals surface area contributed by atoms with E-state index in [0.29, 0.717) is 10.0 Å². The number of thioether (sulfide) groups is 1. The van der Waals surface area contributed by atoms with Crippen LogP contribution < -0.4 is 4.90 Å². The predicted molar refractivity (Wildman–Crippen MR) is 126 cm³/mol. The Labute approximate surface area is 187 Å². The molecule has 2 fully saturated rings. The van der Waals surface area contributed by atoms with E-state index in [0.717, 1.165) is 38.3 Å². The third-order valence-electron chi connectivity index (χ3n) is 5.58. The zero-order valence-corrected chi connectivity index (χ0v) is 18.6. The van der Waals surface area contributed by atoms with Crippen molar-refractivity contribution in [1.29, 1.82) is 0 Å². The van der Waals surface area contributed by atoms with Gasteiger partial charge in [0.25, 0.3) is 0 Å². The standard InChI is InChI=1S/C23H25N3O2S2/c1-17-7-5-6-10-19(17)26-21(27)15-20(22(26)28)30-23(29)25-13-11-24(12-14-25)16-18-8-3-2-4-9-18/h2-10,20H,11-16H2,1H3/t20-/m1/s1. The van der Waals surface area contributed by atoms with E-state index in [1.54, 1.807) is 0 Å². The van der Waals surface area contributed by atoms with E-state index in [1.165, 1.54) is 22.2 Å². The third-order valence-corrected chi connectivity index (χ3v) is 7.24. The zero-order chi connectivity index (χ0) is 21.1. The van der Waals surface area contributed by atoms with Gasteiger partial charge in [-0.05, 0) is 24.1 Å². The van der Waals surface area contributed by atoms with Crippen molar-refractivity contribution in [3.05, 3.63) is 65.7 Å². The maximum Gasteiger partial charge on any atom is 0.247 e. The largest absolute Gasteiger partial charge is 0.355 e. The number of aryl methyl sites for hydroxylation is 1. The lowest BCUT2D eigenvalue weighted by atomic mass is 10.2. The summed E-state index contributed by atoms with van der Waals surface area (Å²) < 4.78 is 0.715. The van der Waals surface area contributed by atoms with Crippen LogP contribution >= 0.6 is 24.0 Å². The Hall–Kier alpha value is -2.22. The van der Waals surface area contributed by atoms with Gasteiger partial charge in [0.2, 0.25) is 11.8 Å². The SMILES string of the molecule is Cc1ccccc1N1C(=O)C[C@@H](SC(=S)N2CCN(Cc3ccccc3)CC2)C1=O. The number of hydrogen-bond acceptors (Lipinski definition) is 5. The van der Waals surface area contributed by atoms with Crippen molar-refractivity contribution in [3.8, 4) is 0 Å². The molecule has 2 aliphatic rings. The summed E-state index contributed by atoms with van der Waals surface area (Å²) in [6.45, 7) is 6.40. The van der Waals surface area contributed by atoms with Crippen LogP contribution in [0.1, 0.15) is 17.5 Å². The molecule has 0 radical (unpaired) electrons. The third kappa shape index (κ3) is 4.58. The van der Waals surface area contributed by atoms with E-state index < -0.39 is 5.25 Å². The first-order chi connectivity index (χ1) is 14.5. The van der Waals surface area contributed by atoms with Gasteiger partial charge in [-0.2, -0.15) is 0 Å². The number of anilines is 1. The quantitative estimate of drug-likeness (QED) is 0.537. The van der Waals surface area contributed by atoms with Crippen LogP contribution in [0.4, 0.5) is 5.69 Å². The van der Waals surface area contributed by atoms with Gasteiger partial charge >= 0.3 is 0 Å². The molecule has 0 N–H and O–H groups in total. The number of piperazine rings is 1. The average molecular weight is 440 g/mol. The van der Waals surface area contributed by atoms with Crippen LogP contribution in [0.5, 0.6) is 0 Å². The molecule has 7 heteroatoms. The van der Waals surface area contributed by atoms with E-state index in [-0.39, 0.29) is 18.2 Å². The van der Waals surface area contributed by atoms with Crippen LogP contribution in [0.15, 0.2) is 54.6 Å². The van der Waals surface area contributed by atoms with Gasteiger partial charge < -0.3 is 4.90 Å². The van der Waals surface area contributed by atoms with E-state index in [4.69, 9.17) is 12.2 Å². The second kappa shape index (κ2) is 9.29. The van der Waals surface area contributed by atoms with Gasteiger partial charge in [0.1, 0.15) is 9.57 Å². The minimum absolute atomic E-state index is 0.151. The fourth-order valence-corrected chi connectivity index (χ4v) is 5.43. The first kappa shape index (κ1) is 21.0. The molecule has 2 amide bonds. The van der Waals surface area contributed by atoms with Gasteiger partial charge in [0, 0.05) is 39.1 Å². The molecule has 1 atom stereocenters. The lowest BCUT2D eigenvalue weighted by molar-refractivity contribution is -0.121. The summed E-state index contributed by atoms with van der Waals surface area (Å²) in [6, 6.07) is 18.0. The van der Waals surface area contributed by atoms with Gasteiger partial charge in [-0.1, -0.05) is 72.5 Å². The van der Waals surface area contributed by atoms with E-state index in [1.807, 2.05) is 37.3 Å². The monoisotopic (exact) mass is 439 g/mol. The highest BCUT2D eigenvalue weighted by Gasteiger charge is 2.41. The Morgan fingerprint density at radius 3 is 2.37 bits per heavy atom. The van der Waals surface area contributed by atoms with Crippen molar-refractivity contribution >= 4 is 45.8 Å². The number of benzene rings is 2. The number of carbonyl (C=O) groups excluding carboxylic acids is 2. The molecule has 2 saturated heterocycles. The number of imide groups is 1. The van der Waals surface area contributed by atoms with Crippen LogP contribution in [0.25, 0.3) is 0 Å². The highest BCUT2D eigenvalue weighted by molar-refractivity contribution is 8.23. The number of nitrogens with zero attached hydrogens (tertiary/aromatic N) is 3. The van der Waals surface area contributed by atoms with Gasteiger partial charge in [-0.3, -0.25) is 14.5 Å². The Bertz CT molecular complexity index is 942. The first-order valence-corrected chi connectivity index (χ1v) is 11.5. The molecule has 0 saturated carbocycles. The molecule has 2 aromatic carbocycles. The number of hydrogen-bond donors (Lipinski definition) is 0. The molecule has 30 heavy (non-hydrogen) atoms. The molecule has 5 nitrogen and oxygen atoms in total. The minimum atomic E-state index is -0.438. The molecule has 2 aliphatic heterocycles. The molecular weight excluding hydrogens is 414 g/mol. The number of carbonyl (C=O) groups is 2. The van der Waals surface area contributed by atoms with Crippen LogP contribution in [-0.2, 0) is 16.1 Å². The van der Waals surface area contributed by atoms with Crippen molar-refractivity contribution in [2.45, 2.75) is 25.1 Å². The molecule has 0 aliphatic carbocycles. The van der Waals surface area contributed by atoms with Crippen molar-refractivity contribution in [1.82, 2.24) is 9.80 Å². The summed E-state index contributed by atoms with van der Waals surface area (Å²) in [5.41, 5.74) is 2.91. The van der Waals surface area contributed by atoms with Crippen molar-refractivity contribution in [2.75, 3.05) is 31.1 Å². The van der Waals surface area contributed by atoms with Gasteiger partial charge in [-0.15, -0.1) is 0 Å². The smallest absolute Gasteiger partial charge is 0.247 e. The fraction of sp³-hybridized carbons (Fsp3) is 0.348. The topological polar surface area (TPSA) is 43.9 Å². The fourth-order valence-electron chi connectivity index (χ4n) is 3.89. The molecule has 2 heterocycles. The molecule has 4 rings (SSSR count). The van der Waals surface area contributed by atoms with Crippen LogP contribution in [0, 0.1) is 6.92 Å². The molecule has 0 bridgehead atoms. The molecule has 2 aromatic rings. The highest BCUT2D eigenvalue weighted by atomic mass is 32.2. The average Bonchev–Trinajstić information content (AvgIpc) is 3.02. The lowest BCUT2D eigenvalue weighted by Crippen LogP contribution is -2.47. The summed E-state index contributed by atoms with van der Waals surface area (Å²) in [7, 11) is 0. The number of thiocarbonyl (C=S) groups is 1. The number of rotatable bonds is 4. The van der Waals surface area contributed by atoms with E-state index in [9.17, 15) is 9.59 Å². The molecule has 0 spiro atoms. The highest BCUT2D eigenvalue weighted by Crippen LogP contribution is 2.32.